The Labute approximate surface area is 147 Å². The molecule has 1 N–H and O–H groups in total. The average molecular weight is 334 g/mol. The van der Waals surface area contributed by atoms with Gasteiger partial charge in [0.05, 0.1) is 6.21 Å². The Hall–Kier alpha value is -3.08. The van der Waals surface area contributed by atoms with E-state index in [9.17, 15) is 4.79 Å². The van der Waals surface area contributed by atoms with Crippen molar-refractivity contribution in [2.45, 2.75) is 26.8 Å². The summed E-state index contributed by atoms with van der Waals surface area (Å²) in [7, 11) is 0. The quantitative estimate of drug-likeness (QED) is 0.558. The van der Waals surface area contributed by atoms with Gasteiger partial charge in [-0.15, -0.1) is 0 Å². The summed E-state index contributed by atoms with van der Waals surface area (Å²) in [6.07, 6.45) is 7.62. The van der Waals surface area contributed by atoms with E-state index in [1.54, 1.807) is 18.3 Å². The first-order valence-corrected chi connectivity index (χ1v) is 8.30. The molecule has 5 nitrogen and oxygen atoms in total. The number of benzene rings is 1. The van der Waals surface area contributed by atoms with Gasteiger partial charge in [-0.1, -0.05) is 0 Å². The van der Waals surface area contributed by atoms with Crippen molar-refractivity contribution in [3.8, 4) is 5.69 Å². The van der Waals surface area contributed by atoms with Crippen molar-refractivity contribution in [2.24, 2.45) is 5.10 Å². The van der Waals surface area contributed by atoms with Crippen molar-refractivity contribution < 1.29 is 4.79 Å². The molecule has 0 aliphatic carbocycles. The third-order valence-electron chi connectivity index (χ3n) is 4.04. The number of nitrogens with one attached hydrogen (secondary N) is 1. The number of hydrogen-bond acceptors (Lipinski definition) is 2. The van der Waals surface area contributed by atoms with Gasteiger partial charge in [0.15, 0.2) is 0 Å². The molecule has 0 aliphatic heterocycles. The topological polar surface area (TPSA) is 51.3 Å². The van der Waals surface area contributed by atoms with E-state index in [1.165, 1.54) is 5.69 Å². The molecule has 0 spiro atoms. The van der Waals surface area contributed by atoms with Gasteiger partial charge in [0, 0.05) is 47.1 Å². The van der Waals surface area contributed by atoms with Crippen LogP contribution >= 0.6 is 0 Å². The largest absolute Gasteiger partial charge is 0.349 e. The van der Waals surface area contributed by atoms with Crippen molar-refractivity contribution in [1.29, 1.82) is 0 Å². The maximum absolute atomic E-state index is 12.2. The summed E-state index contributed by atoms with van der Waals surface area (Å²) in [6, 6.07) is 13.8. The number of aromatic nitrogens is 2. The first-order chi connectivity index (χ1) is 12.0. The first kappa shape index (κ1) is 16.8. The Morgan fingerprint density at radius 3 is 2.44 bits per heavy atom. The fourth-order valence-corrected chi connectivity index (χ4v) is 2.76. The summed E-state index contributed by atoms with van der Waals surface area (Å²) >= 11 is 0. The van der Waals surface area contributed by atoms with Crippen LogP contribution < -0.4 is 5.43 Å². The molecule has 0 saturated heterocycles. The minimum absolute atomic E-state index is 0.227. The molecule has 3 aromatic rings. The van der Waals surface area contributed by atoms with E-state index in [2.05, 4.69) is 35.9 Å². The standard InChI is InChI=1S/C20H22N4O/c1-15(2)24-14-17(12-16(24)3)13-21-22-20(25)18-6-8-19(9-7-18)23-10-4-5-11-23/h4-15H,1-3H3,(H,22,25)/b21-13+. The van der Waals surface area contributed by atoms with Gasteiger partial charge in [0.25, 0.3) is 5.91 Å². The van der Waals surface area contributed by atoms with Crippen LogP contribution in [0.2, 0.25) is 0 Å². The Morgan fingerprint density at radius 2 is 1.84 bits per heavy atom. The molecule has 128 valence electrons. The fourth-order valence-electron chi connectivity index (χ4n) is 2.76. The smallest absolute Gasteiger partial charge is 0.271 e. The molecule has 0 fully saturated rings. The van der Waals surface area contributed by atoms with Crippen molar-refractivity contribution in [3.63, 3.8) is 0 Å². The number of rotatable bonds is 5. The fraction of sp³-hybridized carbons (Fsp3) is 0.200. The predicted molar refractivity (Wildman–Crippen MR) is 100 cm³/mol. The second kappa shape index (κ2) is 7.21. The third-order valence-corrected chi connectivity index (χ3v) is 4.04. The van der Waals surface area contributed by atoms with E-state index in [0.29, 0.717) is 11.6 Å². The van der Waals surface area contributed by atoms with Crippen molar-refractivity contribution in [1.82, 2.24) is 14.6 Å². The van der Waals surface area contributed by atoms with E-state index < -0.39 is 0 Å². The molecule has 0 bridgehead atoms. The van der Waals surface area contributed by atoms with E-state index in [-0.39, 0.29) is 5.91 Å². The highest BCUT2D eigenvalue weighted by atomic mass is 16.2. The molecule has 5 heteroatoms. The van der Waals surface area contributed by atoms with Crippen LogP contribution in [0.15, 0.2) is 66.2 Å². The molecule has 3 rings (SSSR count). The van der Waals surface area contributed by atoms with E-state index in [4.69, 9.17) is 0 Å². The van der Waals surface area contributed by atoms with Gasteiger partial charge < -0.3 is 9.13 Å². The number of nitrogens with zero attached hydrogens (tertiary/aromatic N) is 3. The molecule has 2 aromatic heterocycles. The molecule has 25 heavy (non-hydrogen) atoms. The summed E-state index contributed by atoms with van der Waals surface area (Å²) in [5, 5.41) is 4.06. The lowest BCUT2D eigenvalue weighted by molar-refractivity contribution is 0.0955. The summed E-state index contributed by atoms with van der Waals surface area (Å²) in [5.41, 5.74) is 6.29. The molecule has 1 amide bonds. The van der Waals surface area contributed by atoms with Crippen LogP contribution in [0.3, 0.4) is 0 Å². The Bertz CT molecular complexity index is 871. The highest BCUT2D eigenvalue weighted by Crippen LogP contribution is 2.13. The van der Waals surface area contributed by atoms with E-state index in [1.807, 2.05) is 53.5 Å². The zero-order valence-corrected chi connectivity index (χ0v) is 14.7. The van der Waals surface area contributed by atoms with Crippen LogP contribution in [0.1, 0.15) is 41.5 Å². The molecule has 2 heterocycles. The molecular weight excluding hydrogens is 312 g/mol. The normalized spacial score (nSPS) is 11.4. The predicted octanol–water partition coefficient (Wildman–Crippen LogP) is 3.93. The Morgan fingerprint density at radius 1 is 1.16 bits per heavy atom. The lowest BCUT2D eigenvalue weighted by Crippen LogP contribution is -2.17. The monoisotopic (exact) mass is 334 g/mol. The van der Waals surface area contributed by atoms with Crippen LogP contribution in [0.4, 0.5) is 0 Å². The van der Waals surface area contributed by atoms with E-state index >= 15 is 0 Å². The SMILES string of the molecule is Cc1cc(/C=N/NC(=O)c2ccc(-n3cccc3)cc2)cn1C(C)C. The van der Waals surface area contributed by atoms with Gasteiger partial charge in [0.2, 0.25) is 0 Å². The van der Waals surface area contributed by atoms with Crippen LogP contribution in [0, 0.1) is 6.92 Å². The maximum atomic E-state index is 12.2. The minimum atomic E-state index is -0.227. The third kappa shape index (κ3) is 3.88. The summed E-state index contributed by atoms with van der Waals surface area (Å²) in [5.74, 6) is -0.227. The first-order valence-electron chi connectivity index (χ1n) is 8.30. The Kier molecular flexibility index (Phi) is 4.84. The molecule has 0 unspecified atom stereocenters. The van der Waals surface area contributed by atoms with Gasteiger partial charge in [-0.2, -0.15) is 5.10 Å². The lowest BCUT2D eigenvalue weighted by atomic mass is 10.2. The van der Waals surface area contributed by atoms with Crippen molar-refractivity contribution >= 4 is 12.1 Å². The summed E-state index contributed by atoms with van der Waals surface area (Å²) in [4.78, 5) is 12.2. The summed E-state index contributed by atoms with van der Waals surface area (Å²) in [6.45, 7) is 6.32. The van der Waals surface area contributed by atoms with Crippen LogP contribution in [-0.2, 0) is 0 Å². The number of hydrazone groups is 1. The number of carbonyl (C=O) groups is 1. The average Bonchev–Trinajstić information content (AvgIpc) is 3.25. The molecular formula is C20H22N4O. The second-order valence-corrected chi connectivity index (χ2v) is 6.25. The van der Waals surface area contributed by atoms with Crippen LogP contribution in [-0.4, -0.2) is 21.3 Å². The minimum Gasteiger partial charge on any atom is -0.349 e. The van der Waals surface area contributed by atoms with Gasteiger partial charge >= 0.3 is 0 Å². The van der Waals surface area contributed by atoms with Gasteiger partial charge in [-0.3, -0.25) is 4.79 Å². The second-order valence-electron chi connectivity index (χ2n) is 6.25. The zero-order valence-electron chi connectivity index (χ0n) is 14.7. The van der Waals surface area contributed by atoms with Crippen molar-refractivity contribution in [2.75, 3.05) is 0 Å². The van der Waals surface area contributed by atoms with Crippen LogP contribution in [0.5, 0.6) is 0 Å². The van der Waals surface area contributed by atoms with E-state index in [0.717, 1.165) is 11.3 Å². The van der Waals surface area contributed by atoms with Crippen LogP contribution in [0.25, 0.3) is 5.69 Å². The number of carbonyl (C=O) groups excluding carboxylic acids is 1. The maximum Gasteiger partial charge on any atom is 0.271 e. The molecule has 0 atom stereocenters. The van der Waals surface area contributed by atoms with Gasteiger partial charge in [-0.25, -0.2) is 5.43 Å². The highest BCUT2D eigenvalue weighted by Gasteiger charge is 2.06. The van der Waals surface area contributed by atoms with Crippen molar-refractivity contribution in [3.05, 3.63) is 77.9 Å². The number of hydrogen-bond donors (Lipinski definition) is 1. The molecule has 0 radical (unpaired) electrons. The Balaban J connectivity index is 1.63. The zero-order chi connectivity index (χ0) is 17.8. The number of aryl methyl sites for hydroxylation is 1. The lowest BCUT2D eigenvalue weighted by Gasteiger charge is -2.08. The molecule has 0 aliphatic rings. The number of amides is 1. The van der Waals surface area contributed by atoms with Gasteiger partial charge in [-0.05, 0) is 63.2 Å². The highest BCUT2D eigenvalue weighted by molar-refractivity contribution is 5.95. The summed E-state index contributed by atoms with van der Waals surface area (Å²) < 4.78 is 4.16. The molecule has 1 aromatic carbocycles. The molecule has 0 saturated carbocycles. The van der Waals surface area contributed by atoms with Gasteiger partial charge in [0.1, 0.15) is 0 Å².